The van der Waals surface area contributed by atoms with Gasteiger partial charge in [-0.3, -0.25) is 0 Å². The molecule has 1 saturated heterocycles. The highest BCUT2D eigenvalue weighted by Gasteiger charge is 2.15. The Morgan fingerprint density at radius 1 is 1.36 bits per heavy atom. The number of amides is 2. The fourth-order valence-corrected chi connectivity index (χ4v) is 1.34. The summed E-state index contributed by atoms with van der Waals surface area (Å²) >= 11 is 0. The number of hydrogen-bond donors (Lipinski definition) is 2. The Morgan fingerprint density at radius 2 is 2.07 bits per heavy atom. The predicted molar refractivity (Wildman–Crippen MR) is 54.3 cm³/mol. The lowest BCUT2D eigenvalue weighted by Crippen LogP contribution is -2.46. The molecule has 0 aromatic carbocycles. The molecule has 14 heavy (non-hydrogen) atoms. The molecular formula is C9H19N3O2. The third-order valence-corrected chi connectivity index (χ3v) is 2.18. The number of nitrogens with zero attached hydrogens (tertiary/aromatic N) is 1. The Balaban J connectivity index is 2.07. The molecular weight excluding hydrogens is 182 g/mol. The van der Waals surface area contributed by atoms with Crippen molar-refractivity contribution in [1.82, 2.24) is 15.5 Å². The van der Waals surface area contributed by atoms with Crippen molar-refractivity contribution in [2.45, 2.75) is 6.42 Å². The molecule has 0 aromatic heterocycles. The van der Waals surface area contributed by atoms with Crippen LogP contribution in [0.2, 0.25) is 0 Å². The second-order valence-corrected chi connectivity index (χ2v) is 3.29. The van der Waals surface area contributed by atoms with Gasteiger partial charge in [-0.05, 0) is 20.0 Å². The Kier molecular flexibility index (Phi) is 5.32. The average Bonchev–Trinajstić information content (AvgIpc) is 2.25. The van der Waals surface area contributed by atoms with E-state index in [1.54, 1.807) is 4.90 Å². The van der Waals surface area contributed by atoms with E-state index in [1.165, 1.54) is 0 Å². The van der Waals surface area contributed by atoms with Gasteiger partial charge < -0.3 is 20.3 Å². The third-order valence-electron chi connectivity index (χ3n) is 2.18. The van der Waals surface area contributed by atoms with Crippen LogP contribution in [0.25, 0.3) is 0 Å². The number of hydrogen-bond acceptors (Lipinski definition) is 3. The summed E-state index contributed by atoms with van der Waals surface area (Å²) in [7, 11) is 1.91. The van der Waals surface area contributed by atoms with E-state index in [0.29, 0.717) is 26.3 Å². The van der Waals surface area contributed by atoms with Gasteiger partial charge >= 0.3 is 6.03 Å². The minimum absolute atomic E-state index is 0.0319. The number of ether oxygens (including phenoxy) is 1. The molecule has 82 valence electrons. The molecule has 0 atom stereocenters. The van der Waals surface area contributed by atoms with Gasteiger partial charge in [-0.2, -0.15) is 0 Å². The summed E-state index contributed by atoms with van der Waals surface area (Å²) in [5.74, 6) is 0. The highest BCUT2D eigenvalue weighted by Crippen LogP contribution is 1.96. The Morgan fingerprint density at radius 3 is 2.71 bits per heavy atom. The summed E-state index contributed by atoms with van der Waals surface area (Å²) < 4.78 is 5.16. The monoisotopic (exact) mass is 201 g/mol. The molecule has 0 unspecified atom stereocenters. The molecule has 0 spiro atoms. The predicted octanol–water partition coefficient (Wildman–Crippen LogP) is -0.362. The number of rotatable bonds is 4. The van der Waals surface area contributed by atoms with Crippen LogP contribution in [-0.4, -0.2) is 57.4 Å². The van der Waals surface area contributed by atoms with Crippen molar-refractivity contribution in [2.24, 2.45) is 0 Å². The van der Waals surface area contributed by atoms with Crippen LogP contribution >= 0.6 is 0 Å². The second kappa shape index (κ2) is 6.62. The van der Waals surface area contributed by atoms with E-state index in [0.717, 1.165) is 19.5 Å². The topological polar surface area (TPSA) is 53.6 Å². The van der Waals surface area contributed by atoms with Gasteiger partial charge in [0, 0.05) is 19.6 Å². The van der Waals surface area contributed by atoms with E-state index >= 15 is 0 Å². The smallest absolute Gasteiger partial charge is 0.317 e. The van der Waals surface area contributed by atoms with Gasteiger partial charge in [-0.15, -0.1) is 0 Å². The van der Waals surface area contributed by atoms with Crippen LogP contribution in [-0.2, 0) is 4.74 Å². The molecule has 5 nitrogen and oxygen atoms in total. The molecule has 0 bridgehead atoms. The van der Waals surface area contributed by atoms with Gasteiger partial charge in [-0.25, -0.2) is 4.79 Å². The van der Waals surface area contributed by atoms with Crippen molar-refractivity contribution >= 4 is 6.03 Å². The zero-order valence-corrected chi connectivity index (χ0v) is 8.71. The summed E-state index contributed by atoms with van der Waals surface area (Å²) in [4.78, 5) is 13.3. The first-order chi connectivity index (χ1) is 6.84. The van der Waals surface area contributed by atoms with Crippen molar-refractivity contribution in [3.63, 3.8) is 0 Å². The summed E-state index contributed by atoms with van der Waals surface area (Å²) in [6.45, 7) is 4.39. The zero-order valence-electron chi connectivity index (χ0n) is 8.71. The zero-order chi connectivity index (χ0) is 10.2. The van der Waals surface area contributed by atoms with E-state index in [4.69, 9.17) is 4.74 Å². The summed E-state index contributed by atoms with van der Waals surface area (Å²) in [6.07, 6.45) is 0.965. The van der Waals surface area contributed by atoms with Crippen molar-refractivity contribution in [3.8, 4) is 0 Å². The SMILES string of the molecule is CNCCCNC(=O)N1CCOCC1. The number of carbonyl (C=O) groups is 1. The van der Waals surface area contributed by atoms with Crippen molar-refractivity contribution in [1.29, 1.82) is 0 Å². The van der Waals surface area contributed by atoms with Crippen molar-refractivity contribution in [3.05, 3.63) is 0 Å². The largest absolute Gasteiger partial charge is 0.378 e. The first kappa shape index (κ1) is 11.3. The number of morpholine rings is 1. The molecule has 2 amide bonds. The van der Waals surface area contributed by atoms with Crippen molar-refractivity contribution in [2.75, 3.05) is 46.4 Å². The fourth-order valence-electron chi connectivity index (χ4n) is 1.34. The van der Waals surface area contributed by atoms with E-state index in [9.17, 15) is 4.79 Å². The average molecular weight is 201 g/mol. The Labute approximate surface area is 84.8 Å². The Hall–Kier alpha value is -0.810. The van der Waals surface area contributed by atoms with E-state index in [-0.39, 0.29) is 6.03 Å². The minimum atomic E-state index is 0.0319. The quantitative estimate of drug-likeness (QED) is 0.611. The van der Waals surface area contributed by atoms with Crippen LogP contribution in [0.5, 0.6) is 0 Å². The molecule has 0 radical (unpaired) electrons. The standard InChI is InChI=1S/C9H19N3O2/c1-10-3-2-4-11-9(13)12-5-7-14-8-6-12/h10H,2-8H2,1H3,(H,11,13). The van der Waals surface area contributed by atoms with Gasteiger partial charge in [0.2, 0.25) is 0 Å². The van der Waals surface area contributed by atoms with Gasteiger partial charge in [0.25, 0.3) is 0 Å². The van der Waals surface area contributed by atoms with Crippen LogP contribution < -0.4 is 10.6 Å². The van der Waals surface area contributed by atoms with E-state index in [1.807, 2.05) is 7.05 Å². The lowest BCUT2D eigenvalue weighted by atomic mass is 10.4. The number of nitrogens with one attached hydrogen (secondary N) is 2. The third kappa shape index (κ3) is 3.93. The lowest BCUT2D eigenvalue weighted by molar-refractivity contribution is 0.0532. The second-order valence-electron chi connectivity index (χ2n) is 3.29. The van der Waals surface area contributed by atoms with Gasteiger partial charge in [0.1, 0.15) is 0 Å². The molecule has 1 fully saturated rings. The molecule has 2 N–H and O–H groups in total. The highest BCUT2D eigenvalue weighted by atomic mass is 16.5. The summed E-state index contributed by atoms with van der Waals surface area (Å²) in [6, 6.07) is 0.0319. The molecule has 0 aliphatic carbocycles. The lowest BCUT2D eigenvalue weighted by Gasteiger charge is -2.26. The van der Waals surface area contributed by atoms with Crippen LogP contribution in [0.3, 0.4) is 0 Å². The van der Waals surface area contributed by atoms with Crippen LogP contribution in [0.1, 0.15) is 6.42 Å². The fraction of sp³-hybridized carbons (Fsp3) is 0.889. The number of urea groups is 1. The normalized spacial score (nSPS) is 16.8. The van der Waals surface area contributed by atoms with Gasteiger partial charge in [0.15, 0.2) is 0 Å². The van der Waals surface area contributed by atoms with Crippen LogP contribution in [0.15, 0.2) is 0 Å². The Bertz CT molecular complexity index is 169. The summed E-state index contributed by atoms with van der Waals surface area (Å²) in [5.41, 5.74) is 0. The maximum atomic E-state index is 11.5. The molecule has 0 aromatic rings. The van der Waals surface area contributed by atoms with Gasteiger partial charge in [-0.1, -0.05) is 0 Å². The first-order valence-corrected chi connectivity index (χ1v) is 5.09. The molecule has 5 heteroatoms. The maximum absolute atomic E-state index is 11.5. The molecule has 1 aliphatic rings. The minimum Gasteiger partial charge on any atom is -0.378 e. The molecule has 0 saturated carbocycles. The summed E-state index contributed by atoms with van der Waals surface area (Å²) in [5, 5.41) is 5.91. The number of carbonyl (C=O) groups excluding carboxylic acids is 1. The van der Waals surface area contributed by atoms with E-state index in [2.05, 4.69) is 10.6 Å². The van der Waals surface area contributed by atoms with E-state index < -0.39 is 0 Å². The van der Waals surface area contributed by atoms with Crippen LogP contribution in [0.4, 0.5) is 4.79 Å². The van der Waals surface area contributed by atoms with Gasteiger partial charge in [0.05, 0.1) is 13.2 Å². The highest BCUT2D eigenvalue weighted by molar-refractivity contribution is 5.74. The van der Waals surface area contributed by atoms with Crippen LogP contribution in [0, 0.1) is 0 Å². The molecule has 1 aliphatic heterocycles. The first-order valence-electron chi connectivity index (χ1n) is 5.09. The maximum Gasteiger partial charge on any atom is 0.317 e. The van der Waals surface area contributed by atoms with Crippen molar-refractivity contribution < 1.29 is 9.53 Å². The molecule has 1 heterocycles. The molecule has 1 rings (SSSR count).